The molecule has 2 aliphatic rings. The summed E-state index contributed by atoms with van der Waals surface area (Å²) in [6, 6.07) is 109. The first-order valence-electron chi connectivity index (χ1n) is 31.6. The van der Waals surface area contributed by atoms with E-state index in [1.807, 2.05) is 0 Å². The SMILES string of the molecule is CC1(C)c2cc(/C=C/c3ccc4c(c3)C(C)(C)c3cc(N(c5cc6ccccc6c6ccccc56)c5cc6ccccc6c6ccccc56)ccc3-4)ccc2-c2ccc(N(c3cc4ccccc4c4ccccc34)c3cc4ccccc4c4ccccc34)cc21. The lowest BCUT2D eigenvalue weighted by Gasteiger charge is -2.31. The average molecular weight is 1150 g/mol. The van der Waals surface area contributed by atoms with Crippen molar-refractivity contribution >= 4 is 132 Å². The normalized spacial score (nSPS) is 13.7. The van der Waals surface area contributed by atoms with Crippen molar-refractivity contribution in [2.24, 2.45) is 0 Å². The second kappa shape index (κ2) is 19.7. The third-order valence-corrected chi connectivity index (χ3v) is 20.3. The van der Waals surface area contributed by atoms with Crippen LogP contribution in [-0.4, -0.2) is 0 Å². The topological polar surface area (TPSA) is 6.48 Å². The van der Waals surface area contributed by atoms with Crippen molar-refractivity contribution in [2.75, 3.05) is 9.80 Å². The van der Waals surface area contributed by atoms with Gasteiger partial charge in [0.15, 0.2) is 0 Å². The van der Waals surface area contributed by atoms with Crippen molar-refractivity contribution < 1.29 is 0 Å². The molecule has 2 aliphatic carbocycles. The molecule has 0 unspecified atom stereocenters. The zero-order chi connectivity index (χ0) is 60.0. The molecule has 0 atom stereocenters. The smallest absolute Gasteiger partial charge is 0.0546 e. The molecule has 16 aromatic carbocycles. The number of rotatable bonds is 8. The molecule has 0 aliphatic heterocycles. The number of nitrogens with zero attached hydrogens (tertiary/aromatic N) is 2. The van der Waals surface area contributed by atoms with Crippen LogP contribution in [0.4, 0.5) is 34.1 Å². The van der Waals surface area contributed by atoms with Gasteiger partial charge in [-0.2, -0.15) is 0 Å². The van der Waals surface area contributed by atoms with Gasteiger partial charge in [0.1, 0.15) is 0 Å². The number of hydrogen-bond donors (Lipinski definition) is 0. The second-order valence-electron chi connectivity index (χ2n) is 26.0. The lowest BCUT2D eigenvalue weighted by molar-refractivity contribution is 0.660. The molecule has 0 saturated heterocycles. The molecule has 424 valence electrons. The molecule has 0 N–H and O–H groups in total. The van der Waals surface area contributed by atoms with Crippen LogP contribution >= 0.6 is 0 Å². The predicted molar refractivity (Wildman–Crippen MR) is 386 cm³/mol. The Hall–Kier alpha value is -11.1. The van der Waals surface area contributed by atoms with Crippen molar-refractivity contribution in [3.05, 3.63) is 325 Å². The van der Waals surface area contributed by atoms with Crippen LogP contribution in [-0.2, 0) is 10.8 Å². The Kier molecular flexibility index (Phi) is 11.4. The minimum Gasteiger partial charge on any atom is -0.309 e. The van der Waals surface area contributed by atoms with E-state index >= 15 is 0 Å². The van der Waals surface area contributed by atoms with E-state index in [0.717, 1.165) is 34.1 Å². The summed E-state index contributed by atoms with van der Waals surface area (Å²) in [4.78, 5) is 5.09. The maximum atomic E-state index is 2.54. The van der Waals surface area contributed by atoms with Crippen molar-refractivity contribution in [3.63, 3.8) is 0 Å². The van der Waals surface area contributed by atoms with Gasteiger partial charge in [-0.05, 0) is 169 Å². The summed E-state index contributed by atoms with van der Waals surface area (Å²) in [6.07, 6.45) is 4.63. The Morgan fingerprint density at radius 3 is 0.744 bits per heavy atom. The molecular weight excluding hydrogens is 1080 g/mol. The molecule has 90 heavy (non-hydrogen) atoms. The molecule has 0 radical (unpaired) electrons. The van der Waals surface area contributed by atoms with Crippen LogP contribution in [0.5, 0.6) is 0 Å². The zero-order valence-corrected chi connectivity index (χ0v) is 50.8. The number of anilines is 6. The average Bonchev–Trinajstić information content (AvgIpc) is 1.38. The van der Waals surface area contributed by atoms with E-state index in [1.54, 1.807) is 0 Å². The quantitative estimate of drug-likeness (QED) is 0.111. The van der Waals surface area contributed by atoms with Crippen LogP contribution < -0.4 is 9.80 Å². The Balaban J connectivity index is 0.707. The van der Waals surface area contributed by atoms with E-state index in [0.29, 0.717) is 0 Å². The van der Waals surface area contributed by atoms with Crippen LogP contribution in [0.3, 0.4) is 0 Å². The molecule has 0 saturated carbocycles. The highest BCUT2D eigenvalue weighted by molar-refractivity contribution is 6.21. The highest BCUT2D eigenvalue weighted by Crippen LogP contribution is 2.55. The van der Waals surface area contributed by atoms with Crippen LogP contribution in [0, 0.1) is 0 Å². The first-order valence-corrected chi connectivity index (χ1v) is 31.6. The van der Waals surface area contributed by atoms with Gasteiger partial charge in [-0.25, -0.2) is 0 Å². The van der Waals surface area contributed by atoms with E-state index in [4.69, 9.17) is 0 Å². The number of benzene rings is 16. The van der Waals surface area contributed by atoms with Gasteiger partial charge in [-0.3, -0.25) is 0 Å². The molecule has 0 spiro atoms. The van der Waals surface area contributed by atoms with E-state index in [9.17, 15) is 0 Å². The molecule has 0 aromatic heterocycles. The molecule has 0 amide bonds. The molecule has 2 nitrogen and oxygen atoms in total. The molecule has 0 heterocycles. The van der Waals surface area contributed by atoms with E-state index < -0.39 is 0 Å². The molecule has 18 rings (SSSR count). The first kappa shape index (κ1) is 52.1. The molecular formula is C88H62N2. The van der Waals surface area contributed by atoms with E-state index in [1.165, 1.54) is 142 Å². The fourth-order valence-electron chi connectivity index (χ4n) is 15.9. The predicted octanol–water partition coefficient (Wildman–Crippen LogP) is 24.6. The van der Waals surface area contributed by atoms with Gasteiger partial charge in [0.05, 0.1) is 22.7 Å². The zero-order valence-electron chi connectivity index (χ0n) is 50.8. The standard InChI is InChI=1S/C88H62N2/c1-87(2)79-47-55(39-43-71(79)73-45-41-61(53-81(73)87)89(83-49-57-21-5-9-25-63(57)67-29-13-17-33-75(67)83)84-50-58-22-6-10-26-64(58)68-30-14-18-34-76(68)84)37-38-56-40-44-72-74-46-42-62(54-82(74)88(3,4)80(72)48-56)90(85-51-59-23-7-11-27-65(59)69-31-15-19-35-77(69)85)86-52-60-24-8-12-28-66(60)70-32-16-20-36-78(70)86/h5-54H,1-4H3/b38-37+. The van der Waals surface area contributed by atoms with Crippen LogP contribution in [0.15, 0.2) is 291 Å². The lowest BCUT2D eigenvalue weighted by Crippen LogP contribution is -2.17. The van der Waals surface area contributed by atoms with E-state index in [-0.39, 0.29) is 10.8 Å². The van der Waals surface area contributed by atoms with Crippen LogP contribution in [0.1, 0.15) is 61.1 Å². The number of hydrogen-bond acceptors (Lipinski definition) is 2. The fourth-order valence-corrected chi connectivity index (χ4v) is 15.9. The van der Waals surface area contributed by atoms with Gasteiger partial charge >= 0.3 is 0 Å². The summed E-state index contributed by atoms with van der Waals surface area (Å²) in [6.45, 7) is 9.65. The van der Waals surface area contributed by atoms with Gasteiger partial charge in [0.25, 0.3) is 0 Å². The van der Waals surface area contributed by atoms with Gasteiger partial charge in [0, 0.05) is 43.7 Å². The van der Waals surface area contributed by atoms with Gasteiger partial charge in [-0.1, -0.05) is 283 Å². The fraction of sp³-hybridized carbons (Fsp3) is 0.0682. The maximum Gasteiger partial charge on any atom is 0.0546 e. The third-order valence-electron chi connectivity index (χ3n) is 20.3. The van der Waals surface area contributed by atoms with Crippen molar-refractivity contribution in [3.8, 4) is 22.3 Å². The van der Waals surface area contributed by atoms with Crippen LogP contribution in [0.25, 0.3) is 121 Å². The monoisotopic (exact) mass is 1150 g/mol. The highest BCUT2D eigenvalue weighted by atomic mass is 15.2. The van der Waals surface area contributed by atoms with Crippen molar-refractivity contribution in [1.82, 2.24) is 0 Å². The minimum absolute atomic E-state index is 0.270. The Morgan fingerprint density at radius 2 is 0.456 bits per heavy atom. The number of fused-ring (bicyclic) bond motifs is 18. The summed E-state index contributed by atoms with van der Waals surface area (Å²) in [5, 5.41) is 19.8. The van der Waals surface area contributed by atoms with Gasteiger partial charge in [0.2, 0.25) is 0 Å². The molecule has 0 fully saturated rings. The van der Waals surface area contributed by atoms with E-state index in [2.05, 4.69) is 341 Å². The van der Waals surface area contributed by atoms with Crippen molar-refractivity contribution in [1.29, 1.82) is 0 Å². The second-order valence-corrected chi connectivity index (χ2v) is 26.0. The van der Waals surface area contributed by atoms with Crippen LogP contribution in [0.2, 0.25) is 0 Å². The minimum atomic E-state index is -0.270. The summed E-state index contributed by atoms with van der Waals surface area (Å²) in [5.74, 6) is 0. The summed E-state index contributed by atoms with van der Waals surface area (Å²) >= 11 is 0. The third kappa shape index (κ3) is 7.84. The molecule has 2 heteroatoms. The van der Waals surface area contributed by atoms with Crippen molar-refractivity contribution in [2.45, 2.75) is 38.5 Å². The summed E-state index contributed by atoms with van der Waals surface area (Å²) < 4.78 is 0. The Morgan fingerprint density at radius 1 is 0.222 bits per heavy atom. The Bertz CT molecular complexity index is 5170. The van der Waals surface area contributed by atoms with Gasteiger partial charge < -0.3 is 9.80 Å². The first-order chi connectivity index (χ1) is 44.1. The van der Waals surface area contributed by atoms with Gasteiger partial charge in [-0.15, -0.1) is 0 Å². The Labute approximate surface area is 524 Å². The maximum absolute atomic E-state index is 2.54. The summed E-state index contributed by atoms with van der Waals surface area (Å²) in [5.41, 5.74) is 19.3. The molecule has 0 bridgehead atoms. The highest BCUT2D eigenvalue weighted by Gasteiger charge is 2.38. The molecule has 16 aromatic rings. The largest absolute Gasteiger partial charge is 0.309 e. The lowest BCUT2D eigenvalue weighted by atomic mass is 9.81. The summed E-state index contributed by atoms with van der Waals surface area (Å²) in [7, 11) is 0.